The molecule has 0 amide bonds. The predicted molar refractivity (Wildman–Crippen MR) is 72.7 cm³/mol. The molecule has 1 N–H and O–H groups in total. The number of benzene rings is 2. The van der Waals surface area contributed by atoms with Crippen LogP contribution in [-0.4, -0.2) is 11.1 Å². The molecule has 3 rings (SSSR count). The lowest BCUT2D eigenvalue weighted by molar-refractivity contribution is 0.0534. The second-order valence-electron chi connectivity index (χ2n) is 4.72. The molecule has 0 atom stereocenters. The summed E-state index contributed by atoms with van der Waals surface area (Å²) in [6.07, 6.45) is 0. The lowest BCUT2D eigenvalue weighted by atomic mass is 10.0. The Hall–Kier alpha value is -2.49. The van der Waals surface area contributed by atoms with Gasteiger partial charge >= 0.3 is 5.97 Å². The predicted octanol–water partition coefficient (Wildman–Crippen LogP) is 2.95. The summed E-state index contributed by atoms with van der Waals surface area (Å²) >= 11 is 0. The first-order valence-electron chi connectivity index (χ1n) is 6.36. The second kappa shape index (κ2) is 4.89. The van der Waals surface area contributed by atoms with Gasteiger partial charge in [-0.25, -0.2) is 4.79 Å². The Morgan fingerprint density at radius 1 is 1.30 bits per heavy atom. The number of phenols is 1. The highest BCUT2D eigenvalue weighted by Gasteiger charge is 2.27. The van der Waals surface area contributed by atoms with Gasteiger partial charge in [0.2, 0.25) is 0 Å². The average Bonchev–Trinajstić information content (AvgIpc) is 2.84. The Labute approximate surface area is 116 Å². The summed E-state index contributed by atoms with van der Waals surface area (Å²) in [6, 6.07) is 11.4. The minimum atomic E-state index is -0.417. The van der Waals surface area contributed by atoms with Crippen LogP contribution in [0.25, 0.3) is 0 Å². The Balaban J connectivity index is 1.89. The summed E-state index contributed by atoms with van der Waals surface area (Å²) in [4.78, 5) is 11.6. The molecule has 0 fully saturated rings. The zero-order chi connectivity index (χ0) is 14.1. The first-order valence-corrected chi connectivity index (χ1v) is 6.36. The van der Waals surface area contributed by atoms with Gasteiger partial charge in [-0.05, 0) is 18.6 Å². The minimum Gasteiger partial charge on any atom is -0.507 e. The first kappa shape index (κ1) is 12.5. The molecule has 0 aromatic heterocycles. The van der Waals surface area contributed by atoms with Gasteiger partial charge in [-0.2, -0.15) is 0 Å². The first-order chi connectivity index (χ1) is 9.66. The van der Waals surface area contributed by atoms with Crippen molar-refractivity contribution in [2.45, 2.75) is 20.1 Å². The standard InChI is InChI=1S/C16H14O4/c1-10-14(19-8-11-5-3-2-4-6-11)7-12-13(15(10)17)9-20-16(12)18/h2-7,17H,8-9H2,1H3. The van der Waals surface area contributed by atoms with E-state index in [1.807, 2.05) is 30.3 Å². The van der Waals surface area contributed by atoms with Gasteiger partial charge in [-0.1, -0.05) is 30.3 Å². The summed E-state index contributed by atoms with van der Waals surface area (Å²) in [6.45, 7) is 2.27. The van der Waals surface area contributed by atoms with E-state index >= 15 is 0 Å². The maximum Gasteiger partial charge on any atom is 0.339 e. The van der Waals surface area contributed by atoms with E-state index in [1.165, 1.54) is 0 Å². The van der Waals surface area contributed by atoms with Crippen LogP contribution in [0, 0.1) is 6.92 Å². The number of carbonyl (C=O) groups is 1. The molecule has 0 unspecified atom stereocenters. The molecular weight excluding hydrogens is 256 g/mol. The molecule has 0 bridgehead atoms. The summed E-state index contributed by atoms with van der Waals surface area (Å²) in [5, 5.41) is 10.1. The maximum atomic E-state index is 11.6. The van der Waals surface area contributed by atoms with Crippen molar-refractivity contribution in [1.29, 1.82) is 0 Å². The van der Waals surface area contributed by atoms with Crippen LogP contribution in [0.15, 0.2) is 36.4 Å². The van der Waals surface area contributed by atoms with Crippen LogP contribution < -0.4 is 4.74 Å². The molecule has 1 aliphatic rings. The van der Waals surface area contributed by atoms with Crippen molar-refractivity contribution in [3.05, 3.63) is 58.7 Å². The van der Waals surface area contributed by atoms with Gasteiger partial charge in [0.15, 0.2) is 0 Å². The third-order valence-corrected chi connectivity index (χ3v) is 3.42. The van der Waals surface area contributed by atoms with E-state index < -0.39 is 5.97 Å². The number of phenolic OH excluding ortho intramolecular Hbond substituents is 1. The number of hydrogen-bond acceptors (Lipinski definition) is 4. The van der Waals surface area contributed by atoms with Crippen molar-refractivity contribution in [2.24, 2.45) is 0 Å². The molecule has 102 valence electrons. The third kappa shape index (κ3) is 2.09. The van der Waals surface area contributed by atoms with Gasteiger partial charge < -0.3 is 14.6 Å². The largest absolute Gasteiger partial charge is 0.507 e. The molecule has 20 heavy (non-hydrogen) atoms. The topological polar surface area (TPSA) is 55.8 Å². The van der Waals surface area contributed by atoms with Crippen LogP contribution in [0.3, 0.4) is 0 Å². The number of cyclic esters (lactones) is 1. The number of ether oxygens (including phenoxy) is 2. The molecule has 1 aliphatic heterocycles. The molecular formula is C16H14O4. The number of rotatable bonds is 3. The number of aromatic hydroxyl groups is 1. The van der Waals surface area contributed by atoms with Crippen LogP contribution in [0.1, 0.15) is 27.0 Å². The van der Waals surface area contributed by atoms with Crippen LogP contribution in [0.4, 0.5) is 0 Å². The van der Waals surface area contributed by atoms with E-state index in [4.69, 9.17) is 9.47 Å². The molecule has 4 heteroatoms. The zero-order valence-corrected chi connectivity index (χ0v) is 11.1. The van der Waals surface area contributed by atoms with Crippen molar-refractivity contribution in [1.82, 2.24) is 0 Å². The van der Waals surface area contributed by atoms with E-state index in [2.05, 4.69) is 0 Å². The van der Waals surface area contributed by atoms with Crippen molar-refractivity contribution in [3.63, 3.8) is 0 Å². The quantitative estimate of drug-likeness (QED) is 0.871. The molecule has 0 saturated carbocycles. The van der Waals surface area contributed by atoms with E-state index in [0.29, 0.717) is 29.0 Å². The zero-order valence-electron chi connectivity index (χ0n) is 11.1. The molecule has 0 saturated heterocycles. The van der Waals surface area contributed by atoms with Crippen molar-refractivity contribution < 1.29 is 19.4 Å². The van der Waals surface area contributed by atoms with Gasteiger partial charge in [0.25, 0.3) is 0 Å². The normalized spacial score (nSPS) is 12.9. The molecule has 1 heterocycles. The molecule has 2 aromatic carbocycles. The molecule has 2 aromatic rings. The van der Waals surface area contributed by atoms with Crippen molar-refractivity contribution >= 4 is 5.97 Å². The lowest BCUT2D eigenvalue weighted by Gasteiger charge is -2.12. The summed E-state index contributed by atoms with van der Waals surface area (Å²) in [7, 11) is 0. The van der Waals surface area contributed by atoms with Crippen LogP contribution >= 0.6 is 0 Å². The van der Waals surface area contributed by atoms with Crippen molar-refractivity contribution in [2.75, 3.05) is 0 Å². The number of fused-ring (bicyclic) bond motifs is 1. The Kier molecular flexibility index (Phi) is 3.06. The third-order valence-electron chi connectivity index (χ3n) is 3.42. The van der Waals surface area contributed by atoms with E-state index in [0.717, 1.165) is 5.56 Å². The van der Waals surface area contributed by atoms with Crippen LogP contribution in [0.5, 0.6) is 11.5 Å². The van der Waals surface area contributed by atoms with E-state index in [9.17, 15) is 9.90 Å². The van der Waals surface area contributed by atoms with Gasteiger partial charge in [-0.3, -0.25) is 0 Å². The van der Waals surface area contributed by atoms with Crippen LogP contribution in [-0.2, 0) is 18.0 Å². The van der Waals surface area contributed by atoms with Crippen molar-refractivity contribution in [3.8, 4) is 11.5 Å². The summed E-state index contributed by atoms with van der Waals surface area (Å²) < 4.78 is 10.6. The average molecular weight is 270 g/mol. The molecule has 0 aliphatic carbocycles. The van der Waals surface area contributed by atoms with Gasteiger partial charge in [0.1, 0.15) is 24.7 Å². The Bertz CT molecular complexity index is 662. The Morgan fingerprint density at radius 3 is 2.80 bits per heavy atom. The minimum absolute atomic E-state index is 0.0800. The highest BCUT2D eigenvalue weighted by Crippen LogP contribution is 2.37. The van der Waals surface area contributed by atoms with Gasteiger partial charge in [0.05, 0.1) is 5.56 Å². The number of carbonyl (C=O) groups excluding carboxylic acids is 1. The lowest BCUT2D eigenvalue weighted by Crippen LogP contribution is -2.00. The van der Waals surface area contributed by atoms with Crippen LogP contribution in [0.2, 0.25) is 0 Å². The SMILES string of the molecule is Cc1c(OCc2ccccc2)cc2c(c1O)COC2=O. The summed E-state index contributed by atoms with van der Waals surface area (Å²) in [5.41, 5.74) is 2.57. The van der Waals surface area contributed by atoms with E-state index in [1.54, 1.807) is 13.0 Å². The highest BCUT2D eigenvalue weighted by atomic mass is 16.5. The fourth-order valence-corrected chi connectivity index (χ4v) is 2.23. The molecule has 0 radical (unpaired) electrons. The van der Waals surface area contributed by atoms with Gasteiger partial charge in [-0.15, -0.1) is 0 Å². The smallest absolute Gasteiger partial charge is 0.339 e. The monoisotopic (exact) mass is 270 g/mol. The highest BCUT2D eigenvalue weighted by molar-refractivity contribution is 5.95. The number of esters is 1. The fourth-order valence-electron chi connectivity index (χ4n) is 2.23. The van der Waals surface area contributed by atoms with Gasteiger partial charge in [0, 0.05) is 11.1 Å². The van der Waals surface area contributed by atoms with E-state index in [-0.39, 0.29) is 12.4 Å². The second-order valence-corrected chi connectivity index (χ2v) is 4.72. The maximum absolute atomic E-state index is 11.6. The molecule has 4 nitrogen and oxygen atoms in total. The summed E-state index contributed by atoms with van der Waals surface area (Å²) in [5.74, 6) is 0.167. The Morgan fingerprint density at radius 2 is 2.05 bits per heavy atom. The number of hydrogen-bond donors (Lipinski definition) is 1. The fraction of sp³-hybridized carbons (Fsp3) is 0.188. The molecule has 0 spiro atoms.